The summed E-state index contributed by atoms with van der Waals surface area (Å²) in [6.07, 6.45) is -0.631. The molecule has 1 atom stereocenters. The third kappa shape index (κ3) is 5.59. The lowest BCUT2D eigenvalue weighted by atomic mass is 10.1. The van der Waals surface area contributed by atoms with Crippen LogP contribution in [0.1, 0.15) is 31.1 Å². The molecule has 3 N–H and O–H groups in total. The summed E-state index contributed by atoms with van der Waals surface area (Å²) in [6, 6.07) is 5.78. The molecule has 1 aromatic rings. The van der Waals surface area contributed by atoms with E-state index in [-0.39, 0.29) is 5.91 Å². The predicted octanol–water partition coefficient (Wildman–Crippen LogP) is 1.15. The van der Waals surface area contributed by atoms with Gasteiger partial charge in [0.25, 0.3) is 0 Å². The molecular weight excluding hydrogens is 256 g/mol. The third-order valence-electron chi connectivity index (χ3n) is 2.84. The minimum atomic E-state index is -0.631. The lowest BCUT2D eigenvalue weighted by Crippen LogP contribution is -2.32. The number of hydrogen-bond donors (Lipinski definition) is 3. The van der Waals surface area contributed by atoms with E-state index in [9.17, 15) is 9.90 Å². The molecular formula is C15H24N2O3. The molecule has 0 saturated heterocycles. The van der Waals surface area contributed by atoms with Gasteiger partial charge in [-0.05, 0) is 26.0 Å². The van der Waals surface area contributed by atoms with Gasteiger partial charge in [-0.2, -0.15) is 0 Å². The zero-order valence-corrected chi connectivity index (χ0v) is 12.4. The van der Waals surface area contributed by atoms with Crippen LogP contribution in [0.15, 0.2) is 18.2 Å². The van der Waals surface area contributed by atoms with Crippen molar-refractivity contribution in [3.63, 3.8) is 0 Å². The van der Waals surface area contributed by atoms with Gasteiger partial charge in [0.15, 0.2) is 0 Å². The maximum Gasteiger partial charge on any atom is 0.216 e. The van der Waals surface area contributed by atoms with Crippen molar-refractivity contribution >= 4 is 5.91 Å². The maximum absolute atomic E-state index is 10.7. The van der Waals surface area contributed by atoms with Crippen molar-refractivity contribution in [2.75, 3.05) is 26.2 Å². The maximum atomic E-state index is 10.7. The van der Waals surface area contributed by atoms with E-state index in [1.54, 1.807) is 0 Å². The van der Waals surface area contributed by atoms with Crippen LogP contribution in [0.5, 0.6) is 5.75 Å². The molecule has 5 heteroatoms. The minimum absolute atomic E-state index is 0.0512. The third-order valence-corrected chi connectivity index (χ3v) is 2.84. The summed E-state index contributed by atoms with van der Waals surface area (Å²) in [4.78, 5) is 10.7. The van der Waals surface area contributed by atoms with Gasteiger partial charge in [0.05, 0.1) is 12.7 Å². The second-order valence-electron chi connectivity index (χ2n) is 4.68. The lowest BCUT2D eigenvalue weighted by Gasteiger charge is -2.17. The first-order chi connectivity index (χ1) is 9.54. The Labute approximate surface area is 120 Å². The molecule has 20 heavy (non-hydrogen) atoms. The van der Waals surface area contributed by atoms with Gasteiger partial charge < -0.3 is 20.5 Å². The topological polar surface area (TPSA) is 70.6 Å². The lowest BCUT2D eigenvalue weighted by molar-refractivity contribution is -0.118. The first kappa shape index (κ1) is 16.5. The van der Waals surface area contributed by atoms with Crippen molar-refractivity contribution in [2.45, 2.75) is 26.9 Å². The van der Waals surface area contributed by atoms with Crippen LogP contribution in [-0.2, 0) is 4.79 Å². The molecule has 0 aliphatic heterocycles. The Morgan fingerprint density at radius 1 is 1.40 bits per heavy atom. The quantitative estimate of drug-likeness (QED) is 0.625. The summed E-state index contributed by atoms with van der Waals surface area (Å²) in [5.74, 6) is 0.666. The molecule has 5 nitrogen and oxygen atoms in total. The molecule has 0 aliphatic rings. The number of rotatable bonds is 8. The van der Waals surface area contributed by atoms with E-state index in [1.807, 2.05) is 32.0 Å². The van der Waals surface area contributed by atoms with Gasteiger partial charge in [-0.15, -0.1) is 0 Å². The zero-order valence-electron chi connectivity index (χ0n) is 12.4. The predicted molar refractivity (Wildman–Crippen MR) is 78.9 cm³/mol. The second-order valence-corrected chi connectivity index (χ2v) is 4.68. The Bertz CT molecular complexity index is 435. The fourth-order valence-electron chi connectivity index (χ4n) is 1.89. The molecule has 1 rings (SSSR count). The Morgan fingerprint density at radius 2 is 2.15 bits per heavy atom. The van der Waals surface area contributed by atoms with Crippen molar-refractivity contribution in [1.82, 2.24) is 10.6 Å². The van der Waals surface area contributed by atoms with Gasteiger partial charge in [-0.25, -0.2) is 0 Å². The van der Waals surface area contributed by atoms with Crippen LogP contribution in [0.2, 0.25) is 0 Å². The first-order valence-electron chi connectivity index (χ1n) is 6.91. The monoisotopic (exact) mass is 280 g/mol. The van der Waals surface area contributed by atoms with Crippen LogP contribution in [-0.4, -0.2) is 37.3 Å². The molecule has 1 unspecified atom stereocenters. The highest BCUT2D eigenvalue weighted by Gasteiger charge is 2.13. The summed E-state index contributed by atoms with van der Waals surface area (Å²) < 4.78 is 5.53. The Morgan fingerprint density at radius 3 is 2.80 bits per heavy atom. The fraction of sp³-hybridized carbons (Fsp3) is 0.533. The summed E-state index contributed by atoms with van der Waals surface area (Å²) in [7, 11) is 0. The number of aliphatic hydroxyl groups excluding tert-OH is 1. The van der Waals surface area contributed by atoms with E-state index >= 15 is 0 Å². The van der Waals surface area contributed by atoms with Crippen LogP contribution in [0, 0.1) is 6.92 Å². The Kier molecular flexibility index (Phi) is 7.04. The van der Waals surface area contributed by atoms with E-state index in [0.717, 1.165) is 11.1 Å². The number of carbonyl (C=O) groups is 1. The number of amides is 1. The summed E-state index contributed by atoms with van der Waals surface area (Å²) in [6.45, 7) is 7.54. The number of aryl methyl sites for hydroxylation is 1. The highest BCUT2D eigenvalue weighted by Crippen LogP contribution is 2.26. The van der Waals surface area contributed by atoms with Gasteiger partial charge >= 0.3 is 0 Å². The molecule has 0 radical (unpaired) electrons. The molecule has 0 aromatic heterocycles. The summed E-state index contributed by atoms with van der Waals surface area (Å²) in [5.41, 5.74) is 1.87. The van der Waals surface area contributed by atoms with Crippen molar-refractivity contribution in [1.29, 1.82) is 0 Å². The molecule has 1 aromatic carbocycles. The number of ether oxygens (including phenoxy) is 1. The van der Waals surface area contributed by atoms with Crippen molar-refractivity contribution < 1.29 is 14.6 Å². The van der Waals surface area contributed by atoms with Crippen LogP contribution in [0.3, 0.4) is 0 Å². The number of carbonyl (C=O) groups excluding carboxylic acids is 1. The second kappa shape index (κ2) is 8.55. The molecule has 112 valence electrons. The average Bonchev–Trinajstić information content (AvgIpc) is 2.40. The molecule has 0 heterocycles. The van der Waals surface area contributed by atoms with Crippen molar-refractivity contribution in [3.05, 3.63) is 29.3 Å². The van der Waals surface area contributed by atoms with Crippen LogP contribution < -0.4 is 15.4 Å². The van der Waals surface area contributed by atoms with E-state index in [4.69, 9.17) is 4.74 Å². The van der Waals surface area contributed by atoms with E-state index in [0.29, 0.717) is 32.0 Å². The normalized spacial score (nSPS) is 12.0. The molecule has 1 amide bonds. The highest BCUT2D eigenvalue weighted by molar-refractivity contribution is 5.72. The largest absolute Gasteiger partial charge is 0.493 e. The number of aliphatic hydroxyl groups is 1. The molecule has 0 fully saturated rings. The summed E-state index contributed by atoms with van der Waals surface area (Å²) in [5, 5.41) is 16.0. The van der Waals surface area contributed by atoms with Crippen LogP contribution in [0.4, 0.5) is 0 Å². The molecule has 0 bridgehead atoms. The number of hydrogen-bond acceptors (Lipinski definition) is 4. The Balaban J connectivity index is 2.51. The summed E-state index contributed by atoms with van der Waals surface area (Å²) >= 11 is 0. The van der Waals surface area contributed by atoms with Gasteiger partial charge in [0, 0.05) is 32.1 Å². The smallest absolute Gasteiger partial charge is 0.216 e. The van der Waals surface area contributed by atoms with E-state index < -0.39 is 6.10 Å². The van der Waals surface area contributed by atoms with Gasteiger partial charge in [0.1, 0.15) is 5.75 Å². The average molecular weight is 280 g/mol. The van der Waals surface area contributed by atoms with E-state index in [1.165, 1.54) is 6.92 Å². The SMILES string of the molecule is CCOc1ccc(C)cc1C(O)CNCCNC(C)=O. The standard InChI is InChI=1S/C15H24N2O3/c1-4-20-15-6-5-11(2)9-13(15)14(19)10-16-7-8-17-12(3)18/h5-6,9,14,16,19H,4,7-8,10H2,1-3H3,(H,17,18). The number of nitrogens with one attached hydrogen (secondary N) is 2. The first-order valence-corrected chi connectivity index (χ1v) is 6.91. The van der Waals surface area contributed by atoms with Gasteiger partial charge in [-0.3, -0.25) is 4.79 Å². The fourth-order valence-corrected chi connectivity index (χ4v) is 1.89. The van der Waals surface area contributed by atoms with Crippen molar-refractivity contribution in [2.24, 2.45) is 0 Å². The van der Waals surface area contributed by atoms with Crippen molar-refractivity contribution in [3.8, 4) is 5.75 Å². The molecule has 0 saturated carbocycles. The van der Waals surface area contributed by atoms with Crippen LogP contribution in [0.25, 0.3) is 0 Å². The minimum Gasteiger partial charge on any atom is -0.493 e. The molecule has 0 spiro atoms. The number of benzene rings is 1. The van der Waals surface area contributed by atoms with Gasteiger partial charge in [-0.1, -0.05) is 11.6 Å². The highest BCUT2D eigenvalue weighted by atomic mass is 16.5. The molecule has 0 aliphatic carbocycles. The van der Waals surface area contributed by atoms with Crippen LogP contribution >= 0.6 is 0 Å². The zero-order chi connectivity index (χ0) is 15.0. The van der Waals surface area contributed by atoms with E-state index in [2.05, 4.69) is 10.6 Å². The van der Waals surface area contributed by atoms with Gasteiger partial charge in [0.2, 0.25) is 5.91 Å². The Hall–Kier alpha value is -1.59.